The van der Waals surface area contributed by atoms with Crippen molar-refractivity contribution in [2.45, 2.75) is 19.9 Å². The molecule has 0 aromatic carbocycles. The van der Waals surface area contributed by atoms with Crippen molar-refractivity contribution in [2.24, 2.45) is 0 Å². The van der Waals surface area contributed by atoms with E-state index in [0.29, 0.717) is 12.3 Å². The van der Waals surface area contributed by atoms with Gasteiger partial charge >= 0.3 is 0 Å². The van der Waals surface area contributed by atoms with Gasteiger partial charge in [-0.1, -0.05) is 0 Å². The number of aromatic nitrogens is 6. The summed E-state index contributed by atoms with van der Waals surface area (Å²) in [5, 5.41) is 11.2. The van der Waals surface area contributed by atoms with E-state index >= 15 is 0 Å². The fourth-order valence-electron chi connectivity index (χ4n) is 1.96. The second-order valence-electron chi connectivity index (χ2n) is 4.73. The standard InChI is InChI=1S/C13H14BrN7O/c1-9-10(14)8-20(18-9)6-2-4-15-12(22)11-17-13-16-5-3-7-21(13)19-11/h3,5,7-8H,2,4,6H2,1H3,(H,15,22). The number of rotatable bonds is 5. The highest BCUT2D eigenvalue weighted by atomic mass is 79.9. The Labute approximate surface area is 134 Å². The number of carbonyl (C=O) groups excluding carboxylic acids is 1. The molecule has 1 amide bonds. The summed E-state index contributed by atoms with van der Waals surface area (Å²) in [6, 6.07) is 1.73. The molecule has 0 saturated heterocycles. The van der Waals surface area contributed by atoms with Crippen molar-refractivity contribution in [3.63, 3.8) is 0 Å². The van der Waals surface area contributed by atoms with Gasteiger partial charge in [0.05, 0.1) is 10.2 Å². The molecule has 1 N–H and O–H groups in total. The first kappa shape index (κ1) is 14.6. The zero-order valence-electron chi connectivity index (χ0n) is 11.9. The number of hydrogen-bond donors (Lipinski definition) is 1. The van der Waals surface area contributed by atoms with E-state index in [1.807, 2.05) is 17.8 Å². The normalized spacial score (nSPS) is 11.0. The highest BCUT2D eigenvalue weighted by molar-refractivity contribution is 9.10. The van der Waals surface area contributed by atoms with Crippen LogP contribution in [0.2, 0.25) is 0 Å². The van der Waals surface area contributed by atoms with E-state index in [9.17, 15) is 4.79 Å². The number of halogens is 1. The summed E-state index contributed by atoms with van der Waals surface area (Å²) >= 11 is 3.42. The molecule has 3 aromatic rings. The number of nitrogens with zero attached hydrogens (tertiary/aromatic N) is 6. The van der Waals surface area contributed by atoms with Gasteiger partial charge < -0.3 is 5.32 Å². The molecule has 0 unspecified atom stereocenters. The molecular formula is C13H14BrN7O. The average molecular weight is 364 g/mol. The van der Waals surface area contributed by atoms with Gasteiger partial charge in [-0.05, 0) is 35.3 Å². The van der Waals surface area contributed by atoms with Crippen LogP contribution in [-0.2, 0) is 6.54 Å². The lowest BCUT2D eigenvalue weighted by molar-refractivity contribution is 0.0942. The molecule has 8 nitrogen and oxygen atoms in total. The molecule has 0 aliphatic heterocycles. The number of amides is 1. The van der Waals surface area contributed by atoms with E-state index < -0.39 is 0 Å². The van der Waals surface area contributed by atoms with E-state index in [1.54, 1.807) is 18.5 Å². The van der Waals surface area contributed by atoms with Gasteiger partial charge in [-0.3, -0.25) is 9.48 Å². The summed E-state index contributed by atoms with van der Waals surface area (Å²) in [7, 11) is 0. The molecule has 3 heterocycles. The molecular weight excluding hydrogens is 350 g/mol. The Kier molecular flexibility index (Phi) is 4.14. The van der Waals surface area contributed by atoms with Crippen molar-refractivity contribution in [1.82, 2.24) is 34.7 Å². The zero-order valence-corrected chi connectivity index (χ0v) is 13.5. The Hall–Kier alpha value is -2.29. The molecule has 114 valence electrons. The number of hydrogen-bond acceptors (Lipinski definition) is 5. The summed E-state index contributed by atoms with van der Waals surface area (Å²) in [6.07, 6.45) is 6.00. The highest BCUT2D eigenvalue weighted by Crippen LogP contribution is 2.13. The Bertz CT molecular complexity index is 757. The molecule has 0 radical (unpaired) electrons. The number of nitrogens with one attached hydrogen (secondary N) is 1. The van der Waals surface area contributed by atoms with Crippen LogP contribution in [0.15, 0.2) is 29.1 Å². The van der Waals surface area contributed by atoms with Crippen molar-refractivity contribution >= 4 is 27.6 Å². The number of aryl methyl sites for hydroxylation is 2. The lowest BCUT2D eigenvalue weighted by Crippen LogP contribution is -2.26. The fourth-order valence-corrected chi connectivity index (χ4v) is 2.27. The van der Waals surface area contributed by atoms with Gasteiger partial charge in [0.25, 0.3) is 11.7 Å². The van der Waals surface area contributed by atoms with Crippen LogP contribution in [0.5, 0.6) is 0 Å². The average Bonchev–Trinajstić information content (AvgIpc) is 3.07. The maximum Gasteiger partial charge on any atom is 0.291 e. The van der Waals surface area contributed by atoms with Crippen LogP contribution in [0.3, 0.4) is 0 Å². The molecule has 0 aliphatic carbocycles. The maximum atomic E-state index is 12.0. The molecule has 3 rings (SSSR count). The van der Waals surface area contributed by atoms with Gasteiger partial charge in [-0.2, -0.15) is 10.1 Å². The van der Waals surface area contributed by atoms with Crippen LogP contribution in [0.1, 0.15) is 22.7 Å². The summed E-state index contributed by atoms with van der Waals surface area (Å²) in [4.78, 5) is 20.1. The Balaban J connectivity index is 1.51. The van der Waals surface area contributed by atoms with Crippen molar-refractivity contribution in [3.8, 4) is 0 Å². The minimum Gasteiger partial charge on any atom is -0.349 e. The van der Waals surface area contributed by atoms with Crippen molar-refractivity contribution in [1.29, 1.82) is 0 Å². The Morgan fingerprint density at radius 1 is 1.41 bits per heavy atom. The molecule has 0 fully saturated rings. The molecule has 0 aliphatic rings. The smallest absolute Gasteiger partial charge is 0.291 e. The van der Waals surface area contributed by atoms with Gasteiger partial charge in [-0.25, -0.2) is 9.50 Å². The van der Waals surface area contributed by atoms with Crippen LogP contribution in [0.25, 0.3) is 5.78 Å². The summed E-state index contributed by atoms with van der Waals surface area (Å²) in [6.45, 7) is 3.19. The SMILES string of the molecule is Cc1nn(CCCNC(=O)c2nc3ncccn3n2)cc1Br. The second-order valence-corrected chi connectivity index (χ2v) is 5.59. The predicted molar refractivity (Wildman–Crippen MR) is 82.4 cm³/mol. The molecule has 22 heavy (non-hydrogen) atoms. The number of fused-ring (bicyclic) bond motifs is 1. The van der Waals surface area contributed by atoms with Gasteiger partial charge in [0.1, 0.15) is 0 Å². The monoisotopic (exact) mass is 363 g/mol. The van der Waals surface area contributed by atoms with Gasteiger partial charge in [0.2, 0.25) is 5.82 Å². The first-order valence-corrected chi connectivity index (χ1v) is 7.58. The third-order valence-electron chi connectivity index (χ3n) is 3.06. The van der Waals surface area contributed by atoms with Crippen molar-refractivity contribution < 1.29 is 4.79 Å². The van der Waals surface area contributed by atoms with Crippen molar-refractivity contribution in [2.75, 3.05) is 6.54 Å². The van der Waals surface area contributed by atoms with Gasteiger partial charge in [0, 0.05) is 31.7 Å². The van der Waals surface area contributed by atoms with Crippen molar-refractivity contribution in [3.05, 3.63) is 40.6 Å². The fraction of sp³-hybridized carbons (Fsp3) is 0.308. The van der Waals surface area contributed by atoms with E-state index in [1.165, 1.54) is 4.52 Å². The largest absolute Gasteiger partial charge is 0.349 e. The minimum atomic E-state index is -0.302. The van der Waals surface area contributed by atoms with E-state index in [2.05, 4.69) is 41.4 Å². The van der Waals surface area contributed by atoms with E-state index in [0.717, 1.165) is 23.1 Å². The molecule has 0 saturated carbocycles. The molecule has 0 atom stereocenters. The first-order chi connectivity index (χ1) is 10.6. The zero-order chi connectivity index (χ0) is 15.5. The van der Waals surface area contributed by atoms with Gasteiger partial charge in [0.15, 0.2) is 0 Å². The van der Waals surface area contributed by atoms with Crippen LogP contribution in [0.4, 0.5) is 0 Å². The van der Waals surface area contributed by atoms with Gasteiger partial charge in [-0.15, -0.1) is 5.10 Å². The summed E-state index contributed by atoms with van der Waals surface area (Å²) < 4.78 is 4.30. The van der Waals surface area contributed by atoms with Crippen LogP contribution < -0.4 is 5.32 Å². The van der Waals surface area contributed by atoms with Crippen LogP contribution in [-0.4, -0.2) is 41.8 Å². The third-order valence-corrected chi connectivity index (χ3v) is 3.83. The van der Waals surface area contributed by atoms with E-state index in [4.69, 9.17) is 0 Å². The molecule has 0 bridgehead atoms. The highest BCUT2D eigenvalue weighted by Gasteiger charge is 2.12. The molecule has 3 aromatic heterocycles. The lowest BCUT2D eigenvalue weighted by atomic mass is 10.4. The Morgan fingerprint density at radius 3 is 3.00 bits per heavy atom. The van der Waals surface area contributed by atoms with E-state index in [-0.39, 0.29) is 11.7 Å². The lowest BCUT2D eigenvalue weighted by Gasteiger charge is -2.03. The summed E-state index contributed by atoms with van der Waals surface area (Å²) in [5.74, 6) is 0.226. The topological polar surface area (TPSA) is 90.0 Å². The first-order valence-electron chi connectivity index (χ1n) is 6.78. The quantitative estimate of drug-likeness (QED) is 0.688. The Morgan fingerprint density at radius 2 is 2.27 bits per heavy atom. The van der Waals surface area contributed by atoms with Crippen LogP contribution >= 0.6 is 15.9 Å². The molecule has 9 heteroatoms. The summed E-state index contributed by atoms with van der Waals surface area (Å²) in [5.41, 5.74) is 0.949. The second kappa shape index (κ2) is 6.22. The third kappa shape index (κ3) is 3.14. The maximum absolute atomic E-state index is 12.0. The van der Waals surface area contributed by atoms with Crippen LogP contribution in [0, 0.1) is 6.92 Å². The predicted octanol–water partition coefficient (Wildman–Crippen LogP) is 1.21. The minimum absolute atomic E-state index is 0.122. The molecule has 0 spiro atoms. The number of carbonyl (C=O) groups is 1.